The fourth-order valence-corrected chi connectivity index (χ4v) is 2.05. The van der Waals surface area contributed by atoms with E-state index in [1.807, 2.05) is 24.3 Å². The van der Waals surface area contributed by atoms with Gasteiger partial charge in [0.15, 0.2) is 0 Å². The van der Waals surface area contributed by atoms with Crippen molar-refractivity contribution < 1.29 is 14.3 Å². The fourth-order valence-electron chi connectivity index (χ4n) is 2.05. The molecule has 0 saturated carbocycles. The molecular formula is C17H19N3O3. The van der Waals surface area contributed by atoms with Gasteiger partial charge in [0, 0.05) is 24.9 Å². The molecule has 0 fully saturated rings. The van der Waals surface area contributed by atoms with Crippen LogP contribution in [0.5, 0.6) is 0 Å². The van der Waals surface area contributed by atoms with Crippen LogP contribution in [0.1, 0.15) is 21.5 Å². The zero-order valence-electron chi connectivity index (χ0n) is 12.8. The Bertz CT molecular complexity index is 666. The van der Waals surface area contributed by atoms with E-state index in [2.05, 4.69) is 10.6 Å². The number of urea groups is 1. The topological polar surface area (TPSA) is 93.4 Å². The van der Waals surface area contributed by atoms with Gasteiger partial charge in [-0.2, -0.15) is 0 Å². The molecule has 0 aliphatic heterocycles. The Labute approximate surface area is 134 Å². The van der Waals surface area contributed by atoms with Crippen molar-refractivity contribution in [2.75, 3.05) is 12.4 Å². The standard InChI is InChI=1S/C17H19N3O3/c1-23-11-13-2-6-14(7-3-13)16(21)19-10-12-4-8-15(9-5-12)20-17(18)22/h2-9H,10-11H2,1H3,(H,19,21)(H3,18,20,22). The van der Waals surface area contributed by atoms with E-state index in [-0.39, 0.29) is 5.91 Å². The molecule has 0 bridgehead atoms. The average Bonchev–Trinajstić information content (AvgIpc) is 2.54. The number of hydrogen-bond acceptors (Lipinski definition) is 3. The van der Waals surface area contributed by atoms with E-state index in [0.29, 0.717) is 24.4 Å². The molecule has 0 aliphatic rings. The Morgan fingerprint density at radius 2 is 1.61 bits per heavy atom. The van der Waals surface area contributed by atoms with Gasteiger partial charge < -0.3 is 21.1 Å². The Morgan fingerprint density at radius 1 is 1.00 bits per heavy atom. The molecule has 0 heterocycles. The van der Waals surface area contributed by atoms with E-state index in [1.54, 1.807) is 31.4 Å². The predicted octanol–water partition coefficient (Wildman–Crippen LogP) is 2.25. The highest BCUT2D eigenvalue weighted by molar-refractivity contribution is 5.94. The van der Waals surface area contributed by atoms with Gasteiger partial charge in [0.1, 0.15) is 0 Å². The second-order valence-electron chi connectivity index (χ2n) is 5.00. The Hall–Kier alpha value is -2.86. The summed E-state index contributed by atoms with van der Waals surface area (Å²) in [4.78, 5) is 22.8. The Balaban J connectivity index is 1.89. The van der Waals surface area contributed by atoms with Gasteiger partial charge >= 0.3 is 6.03 Å². The molecule has 0 radical (unpaired) electrons. The van der Waals surface area contributed by atoms with Crippen molar-refractivity contribution >= 4 is 17.6 Å². The predicted molar refractivity (Wildman–Crippen MR) is 88.0 cm³/mol. The van der Waals surface area contributed by atoms with E-state index in [4.69, 9.17) is 10.5 Å². The number of ether oxygens (including phenoxy) is 1. The van der Waals surface area contributed by atoms with Crippen molar-refractivity contribution in [1.29, 1.82) is 0 Å². The summed E-state index contributed by atoms with van der Waals surface area (Å²) in [6, 6.07) is 13.7. The van der Waals surface area contributed by atoms with Crippen LogP contribution in [0.2, 0.25) is 0 Å². The number of rotatable bonds is 6. The highest BCUT2D eigenvalue weighted by Gasteiger charge is 2.05. The lowest BCUT2D eigenvalue weighted by Crippen LogP contribution is -2.23. The Kier molecular flexibility index (Phi) is 5.71. The minimum atomic E-state index is -0.608. The molecule has 0 unspecified atom stereocenters. The normalized spacial score (nSPS) is 10.1. The number of carbonyl (C=O) groups is 2. The van der Waals surface area contributed by atoms with Gasteiger partial charge in [0.25, 0.3) is 5.91 Å². The monoisotopic (exact) mass is 313 g/mol. The number of hydrogen-bond donors (Lipinski definition) is 3. The summed E-state index contributed by atoms with van der Waals surface area (Å²) in [7, 11) is 1.63. The van der Waals surface area contributed by atoms with Gasteiger partial charge in [-0.25, -0.2) is 4.79 Å². The van der Waals surface area contributed by atoms with Gasteiger partial charge in [-0.3, -0.25) is 4.79 Å². The third-order valence-electron chi connectivity index (χ3n) is 3.20. The molecule has 120 valence electrons. The molecule has 0 aromatic heterocycles. The SMILES string of the molecule is COCc1ccc(C(=O)NCc2ccc(NC(N)=O)cc2)cc1. The molecule has 3 amide bonds. The first-order valence-corrected chi connectivity index (χ1v) is 7.10. The van der Waals surface area contributed by atoms with Gasteiger partial charge in [-0.05, 0) is 35.4 Å². The molecule has 4 N–H and O–H groups in total. The zero-order chi connectivity index (χ0) is 16.7. The third kappa shape index (κ3) is 5.12. The van der Waals surface area contributed by atoms with Crippen LogP contribution in [-0.2, 0) is 17.9 Å². The summed E-state index contributed by atoms with van der Waals surface area (Å²) in [5, 5.41) is 5.32. The van der Waals surface area contributed by atoms with Crippen molar-refractivity contribution in [2.45, 2.75) is 13.2 Å². The number of carbonyl (C=O) groups excluding carboxylic acids is 2. The van der Waals surface area contributed by atoms with Crippen LogP contribution in [0, 0.1) is 0 Å². The van der Waals surface area contributed by atoms with Crippen LogP contribution in [-0.4, -0.2) is 19.0 Å². The lowest BCUT2D eigenvalue weighted by atomic mass is 10.1. The van der Waals surface area contributed by atoms with Crippen LogP contribution in [0.25, 0.3) is 0 Å². The van der Waals surface area contributed by atoms with Crippen molar-refractivity contribution in [1.82, 2.24) is 5.32 Å². The number of primary amides is 1. The van der Waals surface area contributed by atoms with Crippen LogP contribution >= 0.6 is 0 Å². The number of nitrogens with two attached hydrogens (primary N) is 1. The van der Waals surface area contributed by atoms with Gasteiger partial charge in [0.05, 0.1) is 6.61 Å². The van der Waals surface area contributed by atoms with E-state index in [1.165, 1.54) is 0 Å². The summed E-state index contributed by atoms with van der Waals surface area (Å²) in [6.07, 6.45) is 0. The lowest BCUT2D eigenvalue weighted by molar-refractivity contribution is 0.0951. The first kappa shape index (κ1) is 16.5. The third-order valence-corrected chi connectivity index (χ3v) is 3.20. The molecule has 6 nitrogen and oxygen atoms in total. The maximum Gasteiger partial charge on any atom is 0.316 e. The average molecular weight is 313 g/mol. The van der Waals surface area contributed by atoms with Crippen LogP contribution in [0.15, 0.2) is 48.5 Å². The quantitative estimate of drug-likeness (QED) is 0.763. The number of nitrogens with one attached hydrogen (secondary N) is 2. The van der Waals surface area contributed by atoms with E-state index >= 15 is 0 Å². The fraction of sp³-hybridized carbons (Fsp3) is 0.176. The highest BCUT2D eigenvalue weighted by Crippen LogP contribution is 2.10. The first-order chi connectivity index (χ1) is 11.1. The molecule has 2 rings (SSSR count). The van der Waals surface area contributed by atoms with Crippen molar-refractivity contribution in [2.24, 2.45) is 5.73 Å². The second kappa shape index (κ2) is 7.95. The number of anilines is 1. The smallest absolute Gasteiger partial charge is 0.316 e. The molecule has 23 heavy (non-hydrogen) atoms. The Morgan fingerprint density at radius 3 is 2.17 bits per heavy atom. The minimum absolute atomic E-state index is 0.145. The number of methoxy groups -OCH3 is 1. The molecule has 0 spiro atoms. The van der Waals surface area contributed by atoms with Crippen LogP contribution in [0.3, 0.4) is 0 Å². The molecule has 0 saturated heterocycles. The lowest BCUT2D eigenvalue weighted by Gasteiger charge is -2.07. The zero-order valence-corrected chi connectivity index (χ0v) is 12.8. The number of amides is 3. The molecule has 2 aromatic rings. The van der Waals surface area contributed by atoms with Crippen molar-refractivity contribution in [3.05, 3.63) is 65.2 Å². The minimum Gasteiger partial charge on any atom is -0.380 e. The second-order valence-corrected chi connectivity index (χ2v) is 5.00. The van der Waals surface area contributed by atoms with Crippen LogP contribution in [0.4, 0.5) is 10.5 Å². The number of benzene rings is 2. The largest absolute Gasteiger partial charge is 0.380 e. The maximum absolute atomic E-state index is 12.1. The summed E-state index contributed by atoms with van der Waals surface area (Å²) in [6.45, 7) is 0.920. The molecule has 0 aliphatic carbocycles. The van der Waals surface area contributed by atoms with E-state index < -0.39 is 6.03 Å². The summed E-state index contributed by atoms with van der Waals surface area (Å²) in [5.41, 5.74) is 8.18. The first-order valence-electron chi connectivity index (χ1n) is 7.10. The van der Waals surface area contributed by atoms with Gasteiger partial charge in [-0.1, -0.05) is 24.3 Å². The summed E-state index contributed by atoms with van der Waals surface area (Å²) in [5.74, 6) is -0.145. The van der Waals surface area contributed by atoms with Gasteiger partial charge in [-0.15, -0.1) is 0 Å². The van der Waals surface area contributed by atoms with E-state index in [9.17, 15) is 9.59 Å². The van der Waals surface area contributed by atoms with Gasteiger partial charge in [0.2, 0.25) is 0 Å². The highest BCUT2D eigenvalue weighted by atomic mass is 16.5. The van der Waals surface area contributed by atoms with Crippen molar-refractivity contribution in [3.63, 3.8) is 0 Å². The summed E-state index contributed by atoms with van der Waals surface area (Å²) < 4.78 is 5.03. The molecule has 0 atom stereocenters. The molecule has 2 aromatic carbocycles. The van der Waals surface area contributed by atoms with E-state index in [0.717, 1.165) is 11.1 Å². The maximum atomic E-state index is 12.1. The molecule has 6 heteroatoms. The summed E-state index contributed by atoms with van der Waals surface area (Å²) >= 11 is 0. The van der Waals surface area contributed by atoms with Crippen LogP contribution < -0.4 is 16.4 Å². The molecular weight excluding hydrogens is 294 g/mol. The van der Waals surface area contributed by atoms with Crippen molar-refractivity contribution in [3.8, 4) is 0 Å².